The van der Waals surface area contributed by atoms with Crippen molar-refractivity contribution in [3.05, 3.63) is 0 Å². The second-order valence-electron chi connectivity index (χ2n) is 5.29. The van der Waals surface area contributed by atoms with Crippen molar-refractivity contribution >= 4 is 0 Å². The highest BCUT2D eigenvalue weighted by Gasteiger charge is 2.43. The fourth-order valence-corrected chi connectivity index (χ4v) is 2.56. The summed E-state index contributed by atoms with van der Waals surface area (Å²) in [4.78, 5) is 0. The average Bonchev–Trinajstić information content (AvgIpc) is 3.11. The van der Waals surface area contributed by atoms with Crippen LogP contribution in [0.5, 0.6) is 0 Å². The zero-order chi connectivity index (χ0) is 11.9. The van der Waals surface area contributed by atoms with E-state index in [1.54, 1.807) is 0 Å². The van der Waals surface area contributed by atoms with Crippen molar-refractivity contribution in [1.29, 1.82) is 0 Å². The molecule has 3 unspecified atom stereocenters. The van der Waals surface area contributed by atoms with Gasteiger partial charge in [0.25, 0.3) is 0 Å². The summed E-state index contributed by atoms with van der Waals surface area (Å²) in [5.41, 5.74) is 0. The first-order chi connectivity index (χ1) is 8.40. The quantitative estimate of drug-likeness (QED) is 0.460. The Morgan fingerprint density at radius 1 is 1.00 bits per heavy atom. The Morgan fingerprint density at radius 3 is 2.71 bits per heavy atom. The first kappa shape index (κ1) is 13.3. The molecule has 3 nitrogen and oxygen atoms in total. The van der Waals surface area contributed by atoms with Crippen LogP contribution in [-0.4, -0.2) is 38.6 Å². The molecule has 1 heterocycles. The molecule has 2 aliphatic rings. The summed E-state index contributed by atoms with van der Waals surface area (Å²) in [6.07, 6.45) is 8.61. The van der Waals surface area contributed by atoms with Gasteiger partial charge in [0, 0.05) is 13.2 Å². The lowest BCUT2D eigenvalue weighted by atomic mass is 9.90. The maximum atomic E-state index is 5.67. The van der Waals surface area contributed by atoms with E-state index >= 15 is 0 Å². The van der Waals surface area contributed by atoms with Crippen LogP contribution in [0.15, 0.2) is 0 Å². The number of hydrogen-bond acceptors (Lipinski definition) is 3. The summed E-state index contributed by atoms with van der Waals surface area (Å²) in [6, 6.07) is 0. The molecule has 0 amide bonds. The van der Waals surface area contributed by atoms with Crippen LogP contribution < -0.4 is 0 Å². The number of epoxide rings is 1. The largest absolute Gasteiger partial charge is 0.379 e. The van der Waals surface area contributed by atoms with Crippen LogP contribution in [-0.2, 0) is 14.2 Å². The van der Waals surface area contributed by atoms with Gasteiger partial charge in [0.15, 0.2) is 0 Å². The van der Waals surface area contributed by atoms with Crippen molar-refractivity contribution in [3.63, 3.8) is 0 Å². The molecule has 100 valence electrons. The highest BCUT2D eigenvalue weighted by atomic mass is 16.6. The van der Waals surface area contributed by atoms with E-state index in [9.17, 15) is 0 Å². The van der Waals surface area contributed by atoms with Crippen LogP contribution in [0.2, 0.25) is 0 Å². The summed E-state index contributed by atoms with van der Waals surface area (Å²) >= 11 is 0. The maximum absolute atomic E-state index is 5.67. The second-order valence-corrected chi connectivity index (χ2v) is 5.29. The predicted molar refractivity (Wildman–Crippen MR) is 67.2 cm³/mol. The van der Waals surface area contributed by atoms with Gasteiger partial charge >= 0.3 is 0 Å². The fraction of sp³-hybridized carbons (Fsp3) is 1.00. The number of fused-ring (bicyclic) bond motifs is 1. The van der Waals surface area contributed by atoms with Crippen molar-refractivity contribution < 1.29 is 14.2 Å². The molecule has 0 aromatic carbocycles. The highest BCUT2D eigenvalue weighted by Crippen LogP contribution is 2.39. The van der Waals surface area contributed by atoms with E-state index in [0.29, 0.717) is 12.2 Å². The smallest absolute Gasteiger partial charge is 0.0845 e. The van der Waals surface area contributed by atoms with Crippen molar-refractivity contribution in [1.82, 2.24) is 0 Å². The van der Waals surface area contributed by atoms with Gasteiger partial charge in [-0.1, -0.05) is 19.8 Å². The Morgan fingerprint density at radius 2 is 1.88 bits per heavy atom. The van der Waals surface area contributed by atoms with Crippen LogP contribution in [0.3, 0.4) is 0 Å². The number of unbranched alkanes of at least 4 members (excludes halogenated alkanes) is 2. The number of ether oxygens (including phenoxy) is 3. The van der Waals surface area contributed by atoms with E-state index < -0.39 is 0 Å². The third-order valence-electron chi connectivity index (χ3n) is 3.73. The van der Waals surface area contributed by atoms with E-state index in [0.717, 1.165) is 32.3 Å². The predicted octanol–water partition coefficient (Wildman–Crippen LogP) is 2.78. The monoisotopic (exact) mass is 242 g/mol. The van der Waals surface area contributed by atoms with Gasteiger partial charge in [-0.3, -0.25) is 0 Å². The van der Waals surface area contributed by atoms with Gasteiger partial charge in [0.1, 0.15) is 0 Å². The standard InChI is InChI=1S/C14H26O3/c1-2-3-4-7-15-8-9-16-11-12-5-6-13-14(10-12)17-13/h12-14H,2-11H2,1H3. The number of rotatable bonds is 9. The number of hydrogen-bond donors (Lipinski definition) is 0. The molecule has 2 rings (SSSR count). The zero-order valence-corrected chi connectivity index (χ0v) is 11.0. The summed E-state index contributed by atoms with van der Waals surface area (Å²) in [5, 5.41) is 0. The summed E-state index contributed by atoms with van der Waals surface area (Å²) in [7, 11) is 0. The normalized spacial score (nSPS) is 31.2. The van der Waals surface area contributed by atoms with Crippen molar-refractivity contribution in [3.8, 4) is 0 Å². The van der Waals surface area contributed by atoms with Gasteiger partial charge in [0.05, 0.1) is 25.4 Å². The van der Waals surface area contributed by atoms with Crippen LogP contribution in [0, 0.1) is 5.92 Å². The van der Waals surface area contributed by atoms with Crippen LogP contribution in [0.4, 0.5) is 0 Å². The van der Waals surface area contributed by atoms with E-state index in [1.165, 1.54) is 38.5 Å². The van der Waals surface area contributed by atoms with Crippen LogP contribution >= 0.6 is 0 Å². The minimum atomic E-state index is 0.572. The molecule has 0 aromatic rings. The average molecular weight is 242 g/mol. The summed E-state index contributed by atoms with van der Waals surface area (Å²) in [6.45, 7) is 5.49. The molecule has 2 fully saturated rings. The van der Waals surface area contributed by atoms with E-state index in [4.69, 9.17) is 14.2 Å². The first-order valence-corrected chi connectivity index (χ1v) is 7.21. The van der Waals surface area contributed by atoms with Gasteiger partial charge < -0.3 is 14.2 Å². The fourth-order valence-electron chi connectivity index (χ4n) is 2.56. The maximum Gasteiger partial charge on any atom is 0.0845 e. The molecule has 1 aliphatic carbocycles. The molecule has 1 saturated carbocycles. The molecule has 0 spiro atoms. The topological polar surface area (TPSA) is 31.0 Å². The van der Waals surface area contributed by atoms with Gasteiger partial charge in [-0.05, 0) is 31.6 Å². The molecule has 1 aliphatic heterocycles. The van der Waals surface area contributed by atoms with Gasteiger partial charge in [-0.15, -0.1) is 0 Å². The molecule has 0 N–H and O–H groups in total. The molecular formula is C14H26O3. The Labute approximate surface area is 105 Å². The molecule has 17 heavy (non-hydrogen) atoms. The minimum absolute atomic E-state index is 0.572. The lowest BCUT2D eigenvalue weighted by Crippen LogP contribution is -2.19. The van der Waals surface area contributed by atoms with Crippen molar-refractivity contribution in [2.75, 3.05) is 26.4 Å². The molecular weight excluding hydrogens is 216 g/mol. The lowest BCUT2D eigenvalue weighted by Gasteiger charge is -2.18. The molecule has 0 aromatic heterocycles. The van der Waals surface area contributed by atoms with Gasteiger partial charge in [0.2, 0.25) is 0 Å². The van der Waals surface area contributed by atoms with E-state index in [-0.39, 0.29) is 0 Å². The second kappa shape index (κ2) is 7.34. The van der Waals surface area contributed by atoms with Crippen molar-refractivity contribution in [2.24, 2.45) is 5.92 Å². The Kier molecular flexibility index (Phi) is 5.75. The molecule has 3 heteroatoms. The third kappa shape index (κ3) is 4.94. The Hall–Kier alpha value is -0.120. The minimum Gasteiger partial charge on any atom is -0.379 e. The lowest BCUT2D eigenvalue weighted by molar-refractivity contribution is 0.0279. The Bertz CT molecular complexity index is 208. The van der Waals surface area contributed by atoms with Gasteiger partial charge in [-0.25, -0.2) is 0 Å². The van der Waals surface area contributed by atoms with Crippen LogP contribution in [0.1, 0.15) is 45.4 Å². The Balaban J connectivity index is 1.36. The van der Waals surface area contributed by atoms with E-state index in [1.807, 2.05) is 0 Å². The first-order valence-electron chi connectivity index (χ1n) is 7.21. The molecule has 3 atom stereocenters. The molecule has 0 radical (unpaired) electrons. The molecule has 0 bridgehead atoms. The molecule has 1 saturated heterocycles. The SMILES string of the molecule is CCCCCOCCOCC1CCC2OC2C1. The highest BCUT2D eigenvalue weighted by molar-refractivity contribution is 4.91. The zero-order valence-electron chi connectivity index (χ0n) is 11.0. The summed E-state index contributed by atoms with van der Waals surface area (Å²) < 4.78 is 16.7. The van der Waals surface area contributed by atoms with E-state index in [2.05, 4.69) is 6.92 Å². The third-order valence-corrected chi connectivity index (χ3v) is 3.73. The van der Waals surface area contributed by atoms with Crippen LogP contribution in [0.25, 0.3) is 0 Å². The van der Waals surface area contributed by atoms with Crippen molar-refractivity contribution in [2.45, 2.75) is 57.7 Å². The summed E-state index contributed by atoms with van der Waals surface area (Å²) in [5.74, 6) is 0.721. The van der Waals surface area contributed by atoms with Gasteiger partial charge in [-0.2, -0.15) is 0 Å².